The van der Waals surface area contributed by atoms with E-state index >= 15 is 0 Å². The van der Waals surface area contributed by atoms with Crippen molar-refractivity contribution in [3.05, 3.63) is 0 Å². The quantitative estimate of drug-likeness (QED) is 0.429. The Balaban J connectivity index is -0.0000000800. The molecule has 0 aromatic rings. The van der Waals surface area contributed by atoms with E-state index < -0.39 is 10.4 Å². The van der Waals surface area contributed by atoms with Gasteiger partial charge < -0.3 is 5.48 Å². The Morgan fingerprint density at radius 2 is 1.14 bits per heavy atom. The summed E-state index contributed by atoms with van der Waals surface area (Å²) in [6, 6.07) is 0. The van der Waals surface area contributed by atoms with Crippen LogP contribution in [0.3, 0.4) is 0 Å². The van der Waals surface area contributed by atoms with Gasteiger partial charge in [0.1, 0.15) is 0 Å². The monoisotopic (exact) mass is 167 g/mol. The molecule has 0 aromatic heterocycles. The fourth-order valence-corrected chi connectivity index (χ4v) is 0. The van der Waals surface area contributed by atoms with Crippen molar-refractivity contribution in [3.8, 4) is 0 Å². The molecule has 7 heteroatoms. The van der Waals surface area contributed by atoms with Crippen molar-refractivity contribution in [1.29, 1.82) is 0 Å². The van der Waals surface area contributed by atoms with Gasteiger partial charge in [-0.2, -0.15) is 8.42 Å². The second-order valence-corrected chi connectivity index (χ2v) is 1.34. The van der Waals surface area contributed by atoms with Gasteiger partial charge >= 0.3 is 10.4 Å². The maximum Gasteiger partial charge on any atom is 0.394 e. The first kappa shape index (κ1) is 15.7. The molecule has 0 aliphatic rings. The zero-order valence-corrected chi connectivity index (χ0v) is 5.28. The maximum atomic E-state index is 8.74. The normalized spacial score (nSPS) is 8.29. The molecule has 0 atom stereocenters. The number of rotatable bonds is 0. The second-order valence-electron chi connectivity index (χ2n) is 0.448. The Labute approximate surface area is 52.5 Å². The third-order valence-corrected chi connectivity index (χ3v) is 0. The van der Waals surface area contributed by atoms with E-state index in [1.165, 1.54) is 0 Å². The summed E-state index contributed by atoms with van der Waals surface area (Å²) >= 11 is 0. The third-order valence-electron chi connectivity index (χ3n) is 0. The molecule has 0 aromatic carbocycles. The first-order chi connectivity index (χ1) is 2.00. The van der Waals surface area contributed by atoms with Gasteiger partial charge in [-0.1, -0.05) is 0 Å². The predicted molar refractivity (Wildman–Crippen MR) is 17.8 cm³/mol. The van der Waals surface area contributed by atoms with Crippen LogP contribution in [-0.4, -0.2) is 23.0 Å². The van der Waals surface area contributed by atoms with Gasteiger partial charge in [0, 0.05) is 18.6 Å². The van der Waals surface area contributed by atoms with Gasteiger partial charge in [-0.15, -0.1) is 0 Å². The summed E-state index contributed by atoms with van der Waals surface area (Å²) < 4.78 is 31.6. The summed E-state index contributed by atoms with van der Waals surface area (Å²) in [6.07, 6.45) is 0. The molecule has 4 N–H and O–H groups in total. The van der Waals surface area contributed by atoms with Crippen LogP contribution in [0.5, 0.6) is 0 Å². The summed E-state index contributed by atoms with van der Waals surface area (Å²) in [4.78, 5) is 0. The minimum Gasteiger partial charge on any atom is -0.412 e. The molecule has 0 spiro atoms. The molecule has 0 heterocycles. The third kappa shape index (κ3) is 728. The van der Waals surface area contributed by atoms with Crippen LogP contribution in [-0.2, 0) is 29.0 Å². The van der Waals surface area contributed by atoms with Gasteiger partial charge in [0.2, 0.25) is 0 Å². The average molecular weight is 167 g/mol. The molecular weight excluding hydrogens is 163 g/mol. The Bertz CT molecular complexity index is 91.2. The van der Waals surface area contributed by atoms with E-state index in [0.29, 0.717) is 0 Å². The summed E-state index contributed by atoms with van der Waals surface area (Å²) in [5.41, 5.74) is 0. The van der Waals surface area contributed by atoms with Crippen LogP contribution >= 0.6 is 0 Å². The maximum absolute atomic E-state index is 8.74. The smallest absolute Gasteiger partial charge is 0.394 e. The average Bonchev–Trinajstić information content (AvgIpc) is 0.722. The van der Waals surface area contributed by atoms with Crippen LogP contribution < -0.4 is 0 Å². The Hall–Kier alpha value is 0.414. The largest absolute Gasteiger partial charge is 0.412 e. The Kier molecular flexibility index (Phi) is 10.2. The summed E-state index contributed by atoms with van der Waals surface area (Å²) in [6.45, 7) is 0. The van der Waals surface area contributed by atoms with Crippen molar-refractivity contribution in [1.82, 2.24) is 0 Å². The van der Waals surface area contributed by atoms with E-state index in [-0.39, 0.29) is 24.0 Å². The molecule has 0 unspecified atom stereocenters. The van der Waals surface area contributed by atoms with E-state index in [2.05, 4.69) is 0 Å². The van der Waals surface area contributed by atoms with Crippen LogP contribution in [0.1, 0.15) is 0 Å². The van der Waals surface area contributed by atoms with Gasteiger partial charge in [-0.05, 0) is 0 Å². The Morgan fingerprint density at radius 3 is 1.14 bits per heavy atom. The van der Waals surface area contributed by atoms with E-state index in [4.69, 9.17) is 17.5 Å². The van der Waals surface area contributed by atoms with E-state index in [9.17, 15) is 0 Å². The molecule has 45 valence electrons. The molecule has 0 rings (SSSR count). The van der Waals surface area contributed by atoms with E-state index in [1.54, 1.807) is 0 Å². The van der Waals surface area contributed by atoms with E-state index in [1.807, 2.05) is 0 Å². The zero-order chi connectivity index (χ0) is 4.50. The molecule has 1 radical (unpaired) electrons. The van der Waals surface area contributed by atoms with Crippen LogP contribution in [0, 0.1) is 0 Å². The SMILES string of the molecule is O.O=S(=O)(O)O.[V]. The summed E-state index contributed by atoms with van der Waals surface area (Å²) in [7, 11) is -4.67. The molecular formula is H4O5SV. The fourth-order valence-electron chi connectivity index (χ4n) is 0. The molecule has 0 saturated heterocycles. The molecule has 0 bridgehead atoms. The minimum atomic E-state index is -4.67. The van der Waals surface area contributed by atoms with E-state index in [0.717, 1.165) is 0 Å². The van der Waals surface area contributed by atoms with Crippen molar-refractivity contribution < 1.29 is 41.6 Å². The van der Waals surface area contributed by atoms with Crippen LogP contribution in [0.4, 0.5) is 0 Å². The van der Waals surface area contributed by atoms with Gasteiger partial charge in [0.15, 0.2) is 0 Å². The molecule has 0 saturated carbocycles. The van der Waals surface area contributed by atoms with Crippen molar-refractivity contribution in [3.63, 3.8) is 0 Å². The molecule has 0 fully saturated rings. The molecule has 0 aliphatic carbocycles. The van der Waals surface area contributed by atoms with Crippen LogP contribution in [0.25, 0.3) is 0 Å². The van der Waals surface area contributed by atoms with Crippen molar-refractivity contribution in [2.24, 2.45) is 0 Å². The van der Waals surface area contributed by atoms with Crippen molar-refractivity contribution in [2.45, 2.75) is 0 Å². The van der Waals surface area contributed by atoms with Crippen molar-refractivity contribution in [2.75, 3.05) is 0 Å². The number of hydrogen-bond donors (Lipinski definition) is 2. The van der Waals surface area contributed by atoms with Gasteiger partial charge in [-0.25, -0.2) is 0 Å². The zero-order valence-electron chi connectivity index (χ0n) is 3.07. The summed E-state index contributed by atoms with van der Waals surface area (Å²) in [5.74, 6) is 0. The molecule has 0 amide bonds. The molecule has 7 heavy (non-hydrogen) atoms. The first-order valence-corrected chi connectivity index (χ1v) is 2.10. The van der Waals surface area contributed by atoms with Crippen LogP contribution in [0.2, 0.25) is 0 Å². The predicted octanol–water partition coefficient (Wildman–Crippen LogP) is -1.48. The fraction of sp³-hybridized carbons (Fsp3) is 0. The van der Waals surface area contributed by atoms with Gasteiger partial charge in [0.25, 0.3) is 0 Å². The summed E-state index contributed by atoms with van der Waals surface area (Å²) in [5, 5.41) is 0. The van der Waals surface area contributed by atoms with Crippen LogP contribution in [0.15, 0.2) is 0 Å². The standard InChI is InChI=1S/H2O4S.H2O.V/c1-5(2,3)4;;/h(H2,1,2,3,4);1H2;. The first-order valence-electron chi connectivity index (χ1n) is 0.698. The van der Waals surface area contributed by atoms with Crippen molar-refractivity contribution >= 4 is 10.4 Å². The van der Waals surface area contributed by atoms with Gasteiger partial charge in [0.05, 0.1) is 0 Å². The second kappa shape index (κ2) is 4.57. The van der Waals surface area contributed by atoms with Gasteiger partial charge in [-0.3, -0.25) is 9.11 Å². The molecule has 0 aliphatic heterocycles. The number of hydrogen-bond acceptors (Lipinski definition) is 2. The minimum absolute atomic E-state index is 0. The Morgan fingerprint density at radius 1 is 1.14 bits per heavy atom. The molecule has 5 nitrogen and oxygen atoms in total. The topological polar surface area (TPSA) is 106 Å².